The monoisotopic (exact) mass is 246 g/mol. The van der Waals surface area contributed by atoms with Gasteiger partial charge >= 0.3 is 0 Å². The first-order valence-corrected chi connectivity index (χ1v) is 5.00. The molecule has 1 aromatic carbocycles. The Morgan fingerprint density at radius 2 is 1.79 bits per heavy atom. The SMILES string of the molecule is Cc1cc(Cl)cc2nc(Cl)nc(Cl)c12. The maximum Gasteiger partial charge on any atom is 0.224 e. The second-order valence-electron chi connectivity index (χ2n) is 2.90. The molecule has 0 radical (unpaired) electrons. The van der Waals surface area contributed by atoms with E-state index in [2.05, 4.69) is 9.97 Å². The van der Waals surface area contributed by atoms with Crippen LogP contribution in [0.5, 0.6) is 0 Å². The maximum absolute atomic E-state index is 5.94. The fraction of sp³-hybridized carbons (Fsp3) is 0.111. The van der Waals surface area contributed by atoms with Gasteiger partial charge in [0.2, 0.25) is 5.28 Å². The number of rotatable bonds is 0. The molecular formula is C9H5Cl3N2. The van der Waals surface area contributed by atoms with E-state index in [1.165, 1.54) is 0 Å². The van der Waals surface area contributed by atoms with E-state index in [9.17, 15) is 0 Å². The summed E-state index contributed by atoms with van der Waals surface area (Å²) in [5, 5.41) is 1.89. The second-order valence-corrected chi connectivity index (χ2v) is 4.03. The Balaban J connectivity index is 2.94. The van der Waals surface area contributed by atoms with Crippen molar-refractivity contribution in [1.29, 1.82) is 0 Å². The standard InChI is InChI=1S/C9H5Cl3N2/c1-4-2-5(10)3-6-7(4)8(11)14-9(12)13-6/h2-3H,1H3. The van der Waals surface area contributed by atoms with Crippen LogP contribution in [-0.4, -0.2) is 9.97 Å². The van der Waals surface area contributed by atoms with Gasteiger partial charge in [-0.15, -0.1) is 0 Å². The molecule has 0 aliphatic carbocycles. The number of hydrogen-bond acceptors (Lipinski definition) is 2. The van der Waals surface area contributed by atoms with Crippen LogP contribution in [0.1, 0.15) is 5.56 Å². The number of nitrogens with zero attached hydrogens (tertiary/aromatic N) is 2. The minimum Gasteiger partial charge on any atom is -0.218 e. The van der Waals surface area contributed by atoms with Gasteiger partial charge in [0, 0.05) is 10.4 Å². The fourth-order valence-electron chi connectivity index (χ4n) is 1.34. The van der Waals surface area contributed by atoms with E-state index in [0.29, 0.717) is 15.7 Å². The average Bonchev–Trinajstić information content (AvgIpc) is 1.99. The summed E-state index contributed by atoms with van der Waals surface area (Å²) < 4.78 is 0. The number of hydrogen-bond donors (Lipinski definition) is 0. The number of benzene rings is 1. The van der Waals surface area contributed by atoms with Gasteiger partial charge in [0.15, 0.2) is 0 Å². The molecule has 0 amide bonds. The van der Waals surface area contributed by atoms with Crippen molar-refractivity contribution in [2.75, 3.05) is 0 Å². The molecule has 0 spiro atoms. The third kappa shape index (κ3) is 1.65. The highest BCUT2D eigenvalue weighted by molar-refractivity contribution is 6.36. The Labute approximate surface area is 95.8 Å². The van der Waals surface area contributed by atoms with Crippen molar-refractivity contribution in [2.45, 2.75) is 6.92 Å². The van der Waals surface area contributed by atoms with Crippen LogP contribution in [-0.2, 0) is 0 Å². The molecule has 2 rings (SSSR count). The maximum atomic E-state index is 5.94. The first-order chi connectivity index (χ1) is 6.58. The lowest BCUT2D eigenvalue weighted by molar-refractivity contribution is 1.22. The molecule has 0 bridgehead atoms. The van der Waals surface area contributed by atoms with Crippen molar-refractivity contribution in [1.82, 2.24) is 9.97 Å². The van der Waals surface area contributed by atoms with Gasteiger partial charge in [0.25, 0.3) is 0 Å². The molecular weight excluding hydrogens is 242 g/mol. The fourth-order valence-corrected chi connectivity index (χ4v) is 2.16. The number of aromatic nitrogens is 2. The predicted molar refractivity (Wildman–Crippen MR) is 59.3 cm³/mol. The zero-order chi connectivity index (χ0) is 10.3. The first-order valence-electron chi connectivity index (χ1n) is 3.87. The van der Waals surface area contributed by atoms with Crippen molar-refractivity contribution in [2.24, 2.45) is 0 Å². The summed E-state index contributed by atoms with van der Waals surface area (Å²) in [7, 11) is 0. The topological polar surface area (TPSA) is 25.8 Å². The minimum absolute atomic E-state index is 0.129. The third-order valence-electron chi connectivity index (χ3n) is 1.89. The van der Waals surface area contributed by atoms with Gasteiger partial charge < -0.3 is 0 Å². The molecule has 1 heterocycles. The number of fused-ring (bicyclic) bond motifs is 1. The van der Waals surface area contributed by atoms with Gasteiger partial charge in [-0.2, -0.15) is 0 Å². The average molecular weight is 248 g/mol. The molecule has 0 N–H and O–H groups in total. The van der Waals surface area contributed by atoms with E-state index in [1.807, 2.05) is 13.0 Å². The molecule has 0 aliphatic heterocycles. The summed E-state index contributed by atoms with van der Waals surface area (Å²) in [6.45, 7) is 1.90. The summed E-state index contributed by atoms with van der Waals surface area (Å²) in [4.78, 5) is 7.91. The van der Waals surface area contributed by atoms with Gasteiger partial charge in [-0.3, -0.25) is 0 Å². The van der Waals surface area contributed by atoms with E-state index in [0.717, 1.165) is 10.9 Å². The van der Waals surface area contributed by atoms with Crippen molar-refractivity contribution in [3.63, 3.8) is 0 Å². The predicted octanol–water partition coefficient (Wildman–Crippen LogP) is 3.90. The Morgan fingerprint density at radius 3 is 2.50 bits per heavy atom. The van der Waals surface area contributed by atoms with Crippen LogP contribution in [0.25, 0.3) is 10.9 Å². The number of aryl methyl sites for hydroxylation is 1. The van der Waals surface area contributed by atoms with E-state index in [4.69, 9.17) is 34.8 Å². The van der Waals surface area contributed by atoms with Crippen molar-refractivity contribution >= 4 is 45.7 Å². The molecule has 0 saturated carbocycles. The third-order valence-corrected chi connectivity index (χ3v) is 2.55. The summed E-state index contributed by atoms with van der Waals surface area (Å²) in [6, 6.07) is 3.52. The summed E-state index contributed by atoms with van der Waals surface area (Å²) in [6.07, 6.45) is 0. The van der Waals surface area contributed by atoms with Gasteiger partial charge in [-0.25, -0.2) is 9.97 Å². The van der Waals surface area contributed by atoms with E-state index in [1.54, 1.807) is 6.07 Å². The van der Waals surface area contributed by atoms with Crippen LogP contribution >= 0.6 is 34.8 Å². The zero-order valence-electron chi connectivity index (χ0n) is 7.18. The summed E-state index contributed by atoms with van der Waals surface area (Å²) >= 11 is 17.5. The largest absolute Gasteiger partial charge is 0.224 e. The Bertz CT molecular complexity index is 468. The molecule has 2 nitrogen and oxygen atoms in total. The van der Waals surface area contributed by atoms with E-state index < -0.39 is 0 Å². The Morgan fingerprint density at radius 1 is 1.07 bits per heavy atom. The van der Waals surface area contributed by atoms with Crippen LogP contribution in [0.4, 0.5) is 0 Å². The van der Waals surface area contributed by atoms with Crippen LogP contribution in [0, 0.1) is 6.92 Å². The lowest BCUT2D eigenvalue weighted by Gasteiger charge is -2.04. The van der Waals surface area contributed by atoms with Crippen molar-refractivity contribution < 1.29 is 0 Å². The van der Waals surface area contributed by atoms with Crippen LogP contribution < -0.4 is 0 Å². The molecule has 1 aromatic heterocycles. The van der Waals surface area contributed by atoms with E-state index in [-0.39, 0.29) is 5.28 Å². The van der Waals surface area contributed by atoms with E-state index >= 15 is 0 Å². The van der Waals surface area contributed by atoms with Crippen molar-refractivity contribution in [3.05, 3.63) is 33.2 Å². The molecule has 0 aliphatic rings. The number of halogens is 3. The minimum atomic E-state index is 0.129. The lowest BCUT2D eigenvalue weighted by atomic mass is 10.1. The molecule has 14 heavy (non-hydrogen) atoms. The highest BCUT2D eigenvalue weighted by atomic mass is 35.5. The lowest BCUT2D eigenvalue weighted by Crippen LogP contribution is -1.89. The molecule has 2 aromatic rings. The molecule has 72 valence electrons. The zero-order valence-corrected chi connectivity index (χ0v) is 9.45. The normalized spacial score (nSPS) is 10.9. The molecule has 5 heteroatoms. The smallest absolute Gasteiger partial charge is 0.218 e. The Hall–Kier alpha value is -0.570. The van der Waals surface area contributed by atoms with Gasteiger partial charge in [0.1, 0.15) is 5.15 Å². The molecule has 0 saturated heterocycles. The van der Waals surface area contributed by atoms with Gasteiger partial charge in [-0.05, 0) is 36.2 Å². The van der Waals surface area contributed by atoms with Gasteiger partial charge in [0.05, 0.1) is 5.52 Å². The first kappa shape index (κ1) is 9.97. The highest BCUT2D eigenvalue weighted by Gasteiger charge is 2.08. The van der Waals surface area contributed by atoms with Crippen LogP contribution in [0.3, 0.4) is 0 Å². The summed E-state index contributed by atoms with van der Waals surface area (Å²) in [5.74, 6) is 0. The van der Waals surface area contributed by atoms with Crippen molar-refractivity contribution in [3.8, 4) is 0 Å². The quantitative estimate of drug-likeness (QED) is 0.521. The molecule has 0 atom stereocenters. The molecule has 0 unspecified atom stereocenters. The Kier molecular flexibility index (Phi) is 2.52. The van der Waals surface area contributed by atoms with Crippen LogP contribution in [0.15, 0.2) is 12.1 Å². The molecule has 0 fully saturated rings. The van der Waals surface area contributed by atoms with Gasteiger partial charge in [-0.1, -0.05) is 23.2 Å². The second kappa shape index (κ2) is 3.54. The highest BCUT2D eigenvalue weighted by Crippen LogP contribution is 2.28. The summed E-state index contributed by atoms with van der Waals surface area (Å²) in [5.41, 5.74) is 1.61. The van der Waals surface area contributed by atoms with Crippen LogP contribution in [0.2, 0.25) is 15.5 Å².